The molecule has 6 rings (SSSR count). The maximum Gasteiger partial charge on any atom is 0.252 e. The molecule has 1 saturated heterocycles. The maximum atomic E-state index is 13.5. The van der Waals surface area contributed by atoms with Crippen molar-refractivity contribution < 1.29 is 24.5 Å². The summed E-state index contributed by atoms with van der Waals surface area (Å²) in [5, 5.41) is 25.7. The number of aromatic amines is 1. The van der Waals surface area contributed by atoms with E-state index in [1.54, 1.807) is 42.5 Å². The van der Waals surface area contributed by atoms with E-state index in [4.69, 9.17) is 21.1 Å². The zero-order valence-electron chi connectivity index (χ0n) is 20.6. The summed E-state index contributed by atoms with van der Waals surface area (Å²) >= 11 is 6.62. The first-order valence-corrected chi connectivity index (χ1v) is 12.8. The van der Waals surface area contributed by atoms with E-state index in [9.17, 15) is 15.0 Å². The zero-order chi connectivity index (χ0) is 26.4. The van der Waals surface area contributed by atoms with Crippen LogP contribution >= 0.6 is 11.6 Å². The Balaban J connectivity index is 1.38. The summed E-state index contributed by atoms with van der Waals surface area (Å²) in [6.07, 6.45) is 2.60. The lowest BCUT2D eigenvalue weighted by molar-refractivity contribution is -0.129. The van der Waals surface area contributed by atoms with E-state index in [0.717, 1.165) is 0 Å². The molecule has 0 aliphatic carbocycles. The Morgan fingerprint density at radius 3 is 2.82 bits per heavy atom. The predicted octanol–water partition coefficient (Wildman–Crippen LogP) is 4.39. The minimum absolute atomic E-state index is 0.109. The van der Waals surface area contributed by atoms with E-state index in [1.165, 1.54) is 0 Å². The number of hydrogen-bond donors (Lipinski definition) is 4. The lowest BCUT2D eigenvalue weighted by Crippen LogP contribution is -2.60. The maximum absolute atomic E-state index is 13.5. The normalized spacial score (nSPS) is 21.8. The van der Waals surface area contributed by atoms with Gasteiger partial charge in [0.25, 0.3) is 5.91 Å². The van der Waals surface area contributed by atoms with Crippen molar-refractivity contribution in [3.8, 4) is 11.5 Å². The molecule has 1 amide bonds. The summed E-state index contributed by atoms with van der Waals surface area (Å²) in [6.45, 7) is 0.173. The van der Waals surface area contributed by atoms with Crippen LogP contribution in [0.2, 0.25) is 5.02 Å². The van der Waals surface area contributed by atoms with Crippen LogP contribution in [0, 0.1) is 0 Å². The van der Waals surface area contributed by atoms with Crippen LogP contribution in [-0.2, 0) is 9.53 Å². The molecular weight excluding hydrogens is 508 g/mol. The number of anilines is 2. The minimum atomic E-state index is -1.07. The van der Waals surface area contributed by atoms with Crippen molar-refractivity contribution in [2.45, 2.75) is 30.6 Å². The Labute approximate surface area is 224 Å². The number of aliphatic hydroxyl groups excluding tert-OH is 2. The van der Waals surface area contributed by atoms with Gasteiger partial charge in [0.2, 0.25) is 0 Å². The number of benzene rings is 2. The van der Waals surface area contributed by atoms with Crippen LogP contribution in [0.15, 0.2) is 60.9 Å². The van der Waals surface area contributed by atoms with E-state index in [2.05, 4.69) is 15.3 Å². The largest absolute Gasteiger partial charge is 0.457 e. The van der Waals surface area contributed by atoms with Gasteiger partial charge in [0.1, 0.15) is 28.8 Å². The molecule has 3 atom stereocenters. The van der Waals surface area contributed by atoms with Gasteiger partial charge < -0.3 is 34.9 Å². The average molecular weight is 535 g/mol. The number of aliphatic hydroxyl groups is 2. The van der Waals surface area contributed by atoms with Gasteiger partial charge in [0, 0.05) is 43.8 Å². The molecular formula is C28H27ClN4O5. The van der Waals surface area contributed by atoms with Crippen LogP contribution in [-0.4, -0.2) is 58.0 Å². The van der Waals surface area contributed by atoms with Crippen LogP contribution in [0.4, 0.5) is 11.4 Å². The van der Waals surface area contributed by atoms with Crippen molar-refractivity contribution in [1.29, 1.82) is 0 Å². The van der Waals surface area contributed by atoms with E-state index < -0.39 is 17.7 Å². The number of fused-ring (bicyclic) bond motifs is 3. The van der Waals surface area contributed by atoms with Crippen LogP contribution in [0.5, 0.6) is 11.5 Å². The highest BCUT2D eigenvalue weighted by molar-refractivity contribution is 6.31. The number of halogens is 1. The minimum Gasteiger partial charge on any atom is -0.457 e. The summed E-state index contributed by atoms with van der Waals surface area (Å²) in [6, 6.07) is 14.5. The Kier molecular flexibility index (Phi) is 6.23. The molecule has 0 saturated carbocycles. The monoisotopic (exact) mass is 534 g/mol. The molecule has 1 fully saturated rings. The smallest absolute Gasteiger partial charge is 0.252 e. The molecule has 4 heterocycles. The van der Waals surface area contributed by atoms with E-state index in [0.29, 0.717) is 69.5 Å². The fourth-order valence-corrected chi connectivity index (χ4v) is 5.66. The van der Waals surface area contributed by atoms with Crippen molar-refractivity contribution in [1.82, 2.24) is 9.97 Å². The number of hydrogen-bond acceptors (Lipinski definition) is 7. The third kappa shape index (κ3) is 4.08. The van der Waals surface area contributed by atoms with Crippen molar-refractivity contribution in [2.24, 2.45) is 0 Å². The van der Waals surface area contributed by atoms with Crippen LogP contribution in [0.3, 0.4) is 0 Å². The molecule has 3 unspecified atom stereocenters. The van der Waals surface area contributed by atoms with Gasteiger partial charge in [-0.15, -0.1) is 0 Å². The van der Waals surface area contributed by atoms with Gasteiger partial charge in [0.15, 0.2) is 0 Å². The summed E-state index contributed by atoms with van der Waals surface area (Å²) < 4.78 is 11.5. The second kappa shape index (κ2) is 9.59. The molecule has 2 aromatic carbocycles. The number of carbonyl (C=O) groups excluding carboxylic acids is 1. The molecule has 1 spiro atoms. The third-order valence-electron chi connectivity index (χ3n) is 7.35. The molecule has 0 radical (unpaired) electrons. The van der Waals surface area contributed by atoms with Gasteiger partial charge in [-0.1, -0.05) is 35.9 Å². The first-order chi connectivity index (χ1) is 18.4. The van der Waals surface area contributed by atoms with Crippen molar-refractivity contribution in [2.75, 3.05) is 30.5 Å². The molecule has 4 aromatic rings. The van der Waals surface area contributed by atoms with E-state index in [1.807, 2.05) is 30.3 Å². The molecule has 2 aliphatic rings. The molecule has 2 aromatic heterocycles. The third-order valence-corrected chi connectivity index (χ3v) is 7.68. The fraction of sp³-hybridized carbons (Fsp3) is 0.286. The predicted molar refractivity (Wildman–Crippen MR) is 144 cm³/mol. The van der Waals surface area contributed by atoms with Crippen LogP contribution in [0.25, 0.3) is 11.0 Å². The lowest BCUT2D eigenvalue weighted by atomic mass is 9.82. The Bertz CT molecular complexity index is 1510. The molecule has 196 valence electrons. The number of rotatable bonds is 5. The molecule has 10 heteroatoms. The first kappa shape index (κ1) is 24.7. The number of aromatic nitrogens is 2. The Hall–Kier alpha value is -3.63. The van der Waals surface area contributed by atoms with Crippen LogP contribution < -0.4 is 15.0 Å². The van der Waals surface area contributed by atoms with Crippen LogP contribution in [0.1, 0.15) is 30.1 Å². The van der Waals surface area contributed by atoms with Crippen molar-refractivity contribution in [3.05, 3.63) is 77.1 Å². The Morgan fingerprint density at radius 2 is 2.05 bits per heavy atom. The quantitative estimate of drug-likeness (QED) is 0.300. The number of ether oxygens (including phenoxy) is 2. The second-order valence-electron chi connectivity index (χ2n) is 9.69. The highest BCUT2D eigenvalue weighted by Crippen LogP contribution is 2.46. The summed E-state index contributed by atoms with van der Waals surface area (Å²) in [7, 11) is 1.71. The number of nitrogens with one attached hydrogen (secondary N) is 2. The standard InChI is InChI=1S/C28H27ClN4O5/c1-33-22-14-31-26-23(24(22)32-28(27(33)36)9-10-37-18(12-28)15-34)20(13-30-26)25(35)19-8-7-17(11-21(19)29)38-16-5-3-2-4-6-16/h2-8,11,13-14,18,25,32,34-35H,9-10,12,15H2,1H3,(H,30,31). The topological polar surface area (TPSA) is 120 Å². The number of carbonyl (C=O) groups is 1. The zero-order valence-corrected chi connectivity index (χ0v) is 21.4. The average Bonchev–Trinajstić information content (AvgIpc) is 3.37. The number of H-pyrrole nitrogens is 1. The van der Waals surface area contributed by atoms with E-state index in [-0.39, 0.29) is 12.5 Å². The molecule has 4 N–H and O–H groups in total. The summed E-state index contributed by atoms with van der Waals surface area (Å²) in [4.78, 5) is 22.7. The Morgan fingerprint density at radius 1 is 1.24 bits per heavy atom. The van der Waals surface area contributed by atoms with Gasteiger partial charge in [0.05, 0.1) is 40.7 Å². The highest BCUT2D eigenvalue weighted by atomic mass is 35.5. The number of likely N-dealkylation sites (N-methyl/N-ethyl adjacent to an activating group) is 1. The van der Waals surface area contributed by atoms with E-state index >= 15 is 0 Å². The molecule has 9 nitrogen and oxygen atoms in total. The van der Waals surface area contributed by atoms with Gasteiger partial charge >= 0.3 is 0 Å². The van der Waals surface area contributed by atoms with Crippen molar-refractivity contribution >= 4 is 39.9 Å². The SMILES string of the molecule is CN1C(=O)C2(CCOC(CO)C2)Nc2c1cnc1[nH]cc(C(O)c3ccc(Oc4ccccc4)cc3Cl)c21. The fourth-order valence-electron chi connectivity index (χ4n) is 5.39. The summed E-state index contributed by atoms with van der Waals surface area (Å²) in [5.74, 6) is 1.13. The number of amides is 1. The van der Waals surface area contributed by atoms with Gasteiger partial charge in [-0.25, -0.2) is 4.98 Å². The summed E-state index contributed by atoms with van der Waals surface area (Å²) in [5.41, 5.74) is 1.99. The second-order valence-corrected chi connectivity index (χ2v) is 10.1. The van der Waals surface area contributed by atoms with Gasteiger partial charge in [-0.3, -0.25) is 4.79 Å². The molecule has 0 bridgehead atoms. The molecule has 2 aliphatic heterocycles. The van der Waals surface area contributed by atoms with Gasteiger partial charge in [-0.05, 0) is 24.3 Å². The van der Waals surface area contributed by atoms with Gasteiger partial charge in [-0.2, -0.15) is 0 Å². The van der Waals surface area contributed by atoms with Crippen molar-refractivity contribution in [3.63, 3.8) is 0 Å². The first-order valence-electron chi connectivity index (χ1n) is 12.4. The lowest BCUT2D eigenvalue weighted by Gasteiger charge is -2.46. The number of pyridine rings is 1. The molecule has 38 heavy (non-hydrogen) atoms. The number of para-hydroxylation sites is 1. The highest BCUT2D eigenvalue weighted by Gasteiger charge is 2.49. The number of nitrogens with zero attached hydrogens (tertiary/aromatic N) is 2.